The zero-order chi connectivity index (χ0) is 15.1. The van der Waals surface area contributed by atoms with E-state index in [9.17, 15) is 9.59 Å². The lowest BCUT2D eigenvalue weighted by Crippen LogP contribution is -2.29. The molecule has 0 radical (unpaired) electrons. The Morgan fingerprint density at radius 1 is 0.773 bits per heavy atom. The molecule has 0 aromatic rings. The average Bonchev–Trinajstić information content (AvgIpc) is 3.40. The minimum absolute atomic E-state index is 0.245. The molecular weight excluding hydrogens is 280 g/mol. The van der Waals surface area contributed by atoms with E-state index in [4.69, 9.17) is 0 Å². The summed E-state index contributed by atoms with van der Waals surface area (Å²) in [6.45, 7) is 3.75. The number of carbonyl (C=O) groups excluding carboxylic acids is 2. The van der Waals surface area contributed by atoms with E-state index in [0.29, 0.717) is 38.3 Å². The standard InChI is InChI=1S/C16H22N4O2/c21-15-9-17(11-19(15)13-3-4-13)7-1-2-8-18-10-16(22)20(12-18)14-5-6-14/h13-14H,3-12H2. The predicted octanol–water partition coefficient (Wildman–Crippen LogP) is -0.482. The van der Waals surface area contributed by atoms with Gasteiger partial charge in [0.25, 0.3) is 0 Å². The molecule has 0 N–H and O–H groups in total. The first-order chi connectivity index (χ1) is 10.7. The molecule has 0 bridgehead atoms. The van der Waals surface area contributed by atoms with Crippen molar-refractivity contribution in [3.05, 3.63) is 0 Å². The van der Waals surface area contributed by atoms with E-state index in [1.165, 1.54) is 0 Å². The van der Waals surface area contributed by atoms with E-state index in [1.807, 2.05) is 9.80 Å². The highest BCUT2D eigenvalue weighted by Crippen LogP contribution is 2.29. The average molecular weight is 302 g/mol. The lowest BCUT2D eigenvalue weighted by atomic mass is 10.4. The molecule has 22 heavy (non-hydrogen) atoms. The first-order valence-electron chi connectivity index (χ1n) is 8.20. The summed E-state index contributed by atoms with van der Waals surface area (Å²) < 4.78 is 0. The van der Waals surface area contributed by atoms with Gasteiger partial charge in [-0.25, -0.2) is 0 Å². The molecule has 6 heteroatoms. The molecule has 2 aliphatic heterocycles. The first kappa shape index (κ1) is 14.0. The second kappa shape index (κ2) is 5.56. The minimum atomic E-state index is 0.245. The van der Waals surface area contributed by atoms with Gasteiger partial charge >= 0.3 is 0 Å². The van der Waals surface area contributed by atoms with E-state index < -0.39 is 0 Å². The van der Waals surface area contributed by atoms with Gasteiger partial charge in [-0.05, 0) is 25.7 Å². The summed E-state index contributed by atoms with van der Waals surface area (Å²) in [4.78, 5) is 31.8. The molecule has 4 rings (SSSR count). The molecule has 2 aliphatic carbocycles. The van der Waals surface area contributed by atoms with Crippen molar-refractivity contribution in [1.29, 1.82) is 0 Å². The maximum Gasteiger partial charge on any atom is 0.238 e. The lowest BCUT2D eigenvalue weighted by molar-refractivity contribution is -0.127. The van der Waals surface area contributed by atoms with Crippen LogP contribution >= 0.6 is 0 Å². The fourth-order valence-corrected chi connectivity index (χ4v) is 3.21. The number of carbonyl (C=O) groups is 2. The van der Waals surface area contributed by atoms with Crippen molar-refractivity contribution in [2.24, 2.45) is 0 Å². The normalized spacial score (nSPS) is 26.7. The van der Waals surface area contributed by atoms with Crippen LogP contribution in [0.15, 0.2) is 0 Å². The topological polar surface area (TPSA) is 47.1 Å². The van der Waals surface area contributed by atoms with Crippen molar-refractivity contribution in [1.82, 2.24) is 19.6 Å². The van der Waals surface area contributed by atoms with Gasteiger partial charge in [0, 0.05) is 12.1 Å². The third-order valence-electron chi connectivity index (χ3n) is 4.77. The summed E-state index contributed by atoms with van der Waals surface area (Å²) in [6, 6.07) is 0.990. The smallest absolute Gasteiger partial charge is 0.238 e. The fraction of sp³-hybridized carbons (Fsp3) is 0.750. The quantitative estimate of drug-likeness (QED) is 0.658. The van der Waals surface area contributed by atoms with E-state index >= 15 is 0 Å². The van der Waals surface area contributed by atoms with Gasteiger partial charge in [0.15, 0.2) is 0 Å². The van der Waals surface area contributed by atoms with Crippen LogP contribution in [0.25, 0.3) is 0 Å². The highest BCUT2D eigenvalue weighted by Gasteiger charge is 2.38. The van der Waals surface area contributed by atoms with Crippen molar-refractivity contribution < 1.29 is 9.59 Å². The molecule has 0 spiro atoms. The van der Waals surface area contributed by atoms with Crippen molar-refractivity contribution in [2.45, 2.75) is 37.8 Å². The van der Waals surface area contributed by atoms with Crippen molar-refractivity contribution in [3.8, 4) is 11.8 Å². The third-order valence-corrected chi connectivity index (χ3v) is 4.77. The molecule has 2 heterocycles. The number of rotatable bonds is 4. The Morgan fingerprint density at radius 2 is 1.18 bits per heavy atom. The van der Waals surface area contributed by atoms with E-state index in [-0.39, 0.29) is 11.8 Å². The van der Waals surface area contributed by atoms with Crippen LogP contribution < -0.4 is 0 Å². The van der Waals surface area contributed by atoms with Crippen LogP contribution in [0.2, 0.25) is 0 Å². The number of hydrogen-bond donors (Lipinski definition) is 0. The predicted molar refractivity (Wildman–Crippen MR) is 80.4 cm³/mol. The highest BCUT2D eigenvalue weighted by molar-refractivity contribution is 5.81. The van der Waals surface area contributed by atoms with Gasteiger partial charge in [-0.2, -0.15) is 0 Å². The van der Waals surface area contributed by atoms with E-state index in [0.717, 1.165) is 39.0 Å². The van der Waals surface area contributed by atoms with Gasteiger partial charge < -0.3 is 9.80 Å². The molecule has 2 saturated carbocycles. The van der Waals surface area contributed by atoms with Crippen molar-refractivity contribution in [2.75, 3.05) is 39.5 Å². The Hall–Kier alpha value is -1.58. The summed E-state index contributed by atoms with van der Waals surface area (Å²) in [6.07, 6.45) is 4.63. The van der Waals surface area contributed by atoms with Gasteiger partial charge in [-0.3, -0.25) is 19.4 Å². The number of amides is 2. The SMILES string of the molecule is O=C1CN(CC#CCN2CC(=O)N(C3CC3)C2)CN1C1CC1. The molecule has 4 fully saturated rings. The summed E-state index contributed by atoms with van der Waals surface area (Å²) in [5.74, 6) is 6.80. The molecule has 2 amide bonds. The Morgan fingerprint density at radius 3 is 1.55 bits per heavy atom. The van der Waals surface area contributed by atoms with Gasteiger partial charge in [0.2, 0.25) is 11.8 Å². The van der Waals surface area contributed by atoms with Crippen molar-refractivity contribution in [3.63, 3.8) is 0 Å². The molecule has 0 aromatic carbocycles. The Bertz CT molecular complexity index is 498. The van der Waals surface area contributed by atoms with Gasteiger partial charge in [-0.15, -0.1) is 0 Å². The molecule has 4 aliphatic rings. The second-order valence-electron chi connectivity index (χ2n) is 6.80. The summed E-state index contributed by atoms with van der Waals surface area (Å²) in [5, 5.41) is 0. The molecule has 6 nitrogen and oxygen atoms in total. The summed E-state index contributed by atoms with van der Waals surface area (Å²) in [5.41, 5.74) is 0. The number of hydrogen-bond acceptors (Lipinski definition) is 4. The third kappa shape index (κ3) is 2.96. The fourth-order valence-electron chi connectivity index (χ4n) is 3.21. The molecular formula is C16H22N4O2. The van der Waals surface area contributed by atoms with Gasteiger partial charge in [0.05, 0.1) is 39.5 Å². The lowest BCUT2D eigenvalue weighted by Gasteiger charge is -2.16. The number of nitrogens with zero attached hydrogens (tertiary/aromatic N) is 4. The molecule has 0 unspecified atom stereocenters. The Labute approximate surface area is 131 Å². The first-order valence-corrected chi connectivity index (χ1v) is 8.20. The molecule has 0 aromatic heterocycles. The minimum Gasteiger partial charge on any atom is -0.326 e. The van der Waals surface area contributed by atoms with Gasteiger partial charge in [0.1, 0.15) is 0 Å². The monoisotopic (exact) mass is 302 g/mol. The maximum atomic E-state index is 11.8. The van der Waals surface area contributed by atoms with Gasteiger partial charge in [-0.1, -0.05) is 11.8 Å². The second-order valence-corrected chi connectivity index (χ2v) is 6.80. The Balaban J connectivity index is 1.21. The zero-order valence-electron chi connectivity index (χ0n) is 12.8. The Kier molecular flexibility index (Phi) is 3.55. The van der Waals surface area contributed by atoms with E-state index in [1.54, 1.807) is 0 Å². The maximum absolute atomic E-state index is 11.8. The van der Waals surface area contributed by atoms with Crippen LogP contribution in [-0.4, -0.2) is 83.0 Å². The van der Waals surface area contributed by atoms with Crippen LogP contribution in [0.1, 0.15) is 25.7 Å². The van der Waals surface area contributed by atoms with Crippen LogP contribution in [0.4, 0.5) is 0 Å². The zero-order valence-corrected chi connectivity index (χ0v) is 12.8. The largest absolute Gasteiger partial charge is 0.326 e. The van der Waals surface area contributed by atoms with Crippen LogP contribution in [0.3, 0.4) is 0 Å². The molecule has 118 valence electrons. The van der Waals surface area contributed by atoms with Crippen LogP contribution in [-0.2, 0) is 9.59 Å². The van der Waals surface area contributed by atoms with Crippen LogP contribution in [0.5, 0.6) is 0 Å². The van der Waals surface area contributed by atoms with Crippen molar-refractivity contribution >= 4 is 11.8 Å². The van der Waals surface area contributed by atoms with Crippen LogP contribution in [0, 0.1) is 11.8 Å². The summed E-state index contributed by atoms with van der Waals surface area (Å²) in [7, 11) is 0. The highest BCUT2D eigenvalue weighted by atomic mass is 16.2. The molecule has 2 saturated heterocycles. The van der Waals surface area contributed by atoms with E-state index in [2.05, 4.69) is 21.6 Å². The molecule has 0 atom stereocenters. The summed E-state index contributed by atoms with van der Waals surface area (Å²) >= 11 is 0.